The third kappa shape index (κ3) is 2.62. The van der Waals surface area contributed by atoms with Gasteiger partial charge in [-0.05, 0) is 18.6 Å². The van der Waals surface area contributed by atoms with Gasteiger partial charge in [0.1, 0.15) is 0 Å². The highest BCUT2D eigenvalue weighted by molar-refractivity contribution is 6.31. The first kappa shape index (κ1) is 15.1. The molecule has 6 nitrogen and oxygen atoms in total. The summed E-state index contributed by atoms with van der Waals surface area (Å²) in [6, 6.07) is 5.36. The first-order valence-electron chi connectivity index (χ1n) is 6.04. The number of aliphatic carboxylic acids is 1. The lowest BCUT2D eigenvalue weighted by atomic mass is 9.97. The summed E-state index contributed by atoms with van der Waals surface area (Å²) in [5, 5.41) is 20.9. The van der Waals surface area contributed by atoms with Crippen molar-refractivity contribution in [1.29, 1.82) is 0 Å². The Labute approximate surface area is 125 Å². The van der Waals surface area contributed by atoms with Crippen LogP contribution in [0.5, 0.6) is 0 Å². The second-order valence-corrected chi connectivity index (χ2v) is 4.95. The Kier molecular flexibility index (Phi) is 3.99. The average Bonchev–Trinajstić information content (AvgIpc) is 2.63. The lowest BCUT2D eigenvalue weighted by molar-refractivity contribution is -0.306. The molecular formula is C14H11ClNO5-. The topological polar surface area (TPSA) is 97.7 Å². The van der Waals surface area contributed by atoms with E-state index in [1.54, 1.807) is 24.3 Å². The van der Waals surface area contributed by atoms with Crippen molar-refractivity contribution in [2.24, 2.45) is 0 Å². The van der Waals surface area contributed by atoms with E-state index in [0.29, 0.717) is 5.56 Å². The van der Waals surface area contributed by atoms with Crippen LogP contribution in [0, 0.1) is 0 Å². The Morgan fingerprint density at radius 1 is 1.38 bits per heavy atom. The molecule has 0 saturated heterocycles. The smallest absolute Gasteiger partial charge is 0.290 e. The molecule has 0 unspecified atom stereocenters. The molecule has 1 aliphatic heterocycles. The number of ketones is 1. The molecule has 1 aliphatic rings. The first-order valence-corrected chi connectivity index (χ1v) is 6.41. The zero-order valence-corrected chi connectivity index (χ0v) is 11.8. The molecule has 110 valence electrons. The van der Waals surface area contributed by atoms with E-state index in [0.717, 1.165) is 4.90 Å². The minimum absolute atomic E-state index is 0.172. The fourth-order valence-corrected chi connectivity index (χ4v) is 2.57. The van der Waals surface area contributed by atoms with Crippen molar-refractivity contribution in [2.45, 2.75) is 13.0 Å². The molecule has 7 heteroatoms. The van der Waals surface area contributed by atoms with Gasteiger partial charge in [0.15, 0.2) is 11.5 Å². The molecule has 1 heterocycles. The van der Waals surface area contributed by atoms with Crippen LogP contribution >= 0.6 is 11.6 Å². The van der Waals surface area contributed by atoms with Gasteiger partial charge in [-0.3, -0.25) is 9.59 Å². The van der Waals surface area contributed by atoms with E-state index >= 15 is 0 Å². The van der Waals surface area contributed by atoms with Crippen molar-refractivity contribution in [3.8, 4) is 0 Å². The number of carboxylic acids is 1. The third-order valence-electron chi connectivity index (χ3n) is 3.18. The molecule has 2 rings (SSSR count). The van der Waals surface area contributed by atoms with Gasteiger partial charge in [0.2, 0.25) is 0 Å². The van der Waals surface area contributed by atoms with Gasteiger partial charge in [-0.25, -0.2) is 0 Å². The highest BCUT2D eigenvalue weighted by Gasteiger charge is 2.42. The van der Waals surface area contributed by atoms with Crippen molar-refractivity contribution in [3.05, 3.63) is 46.2 Å². The standard InChI is InChI=1S/C14H12ClNO5/c1-7(17)11-12(8-4-2-3-5-9(8)15)16(6-10(18)19)14(21)13(11)20/h2-5,12,20H,6H2,1H3,(H,18,19)/p-1/t12-/m0/s1. The Hall–Kier alpha value is -2.34. The predicted molar refractivity (Wildman–Crippen MR) is 71.2 cm³/mol. The molecule has 0 radical (unpaired) electrons. The maximum absolute atomic E-state index is 12.0. The molecule has 1 aromatic rings. The van der Waals surface area contributed by atoms with Crippen molar-refractivity contribution in [3.63, 3.8) is 0 Å². The van der Waals surface area contributed by atoms with E-state index in [1.165, 1.54) is 6.92 Å². The van der Waals surface area contributed by atoms with Gasteiger partial charge in [0.05, 0.1) is 24.1 Å². The maximum Gasteiger partial charge on any atom is 0.290 e. The summed E-state index contributed by atoms with van der Waals surface area (Å²) in [6.45, 7) is 0.431. The summed E-state index contributed by atoms with van der Waals surface area (Å²) in [6.07, 6.45) is 0. The van der Waals surface area contributed by atoms with Gasteiger partial charge in [-0.2, -0.15) is 0 Å². The van der Waals surface area contributed by atoms with Crippen molar-refractivity contribution in [2.75, 3.05) is 6.54 Å². The Morgan fingerprint density at radius 2 is 2.00 bits per heavy atom. The monoisotopic (exact) mass is 308 g/mol. The number of carbonyl (C=O) groups excluding carboxylic acids is 3. The molecule has 1 aromatic carbocycles. The molecule has 0 bridgehead atoms. The van der Waals surface area contributed by atoms with Crippen molar-refractivity contribution < 1.29 is 24.6 Å². The molecular weight excluding hydrogens is 298 g/mol. The van der Waals surface area contributed by atoms with Crippen LogP contribution < -0.4 is 5.11 Å². The molecule has 1 atom stereocenters. The SMILES string of the molecule is CC(=O)C1=C(O)C(=O)N(CC(=O)[O-])[C@H]1c1ccccc1Cl. The summed E-state index contributed by atoms with van der Waals surface area (Å²) in [5.74, 6) is -3.73. The van der Waals surface area contributed by atoms with Gasteiger partial charge < -0.3 is 19.9 Å². The molecule has 0 fully saturated rings. The van der Waals surface area contributed by atoms with E-state index in [-0.39, 0.29) is 10.6 Å². The second-order valence-electron chi connectivity index (χ2n) is 4.55. The van der Waals surface area contributed by atoms with Gasteiger partial charge >= 0.3 is 0 Å². The summed E-state index contributed by atoms with van der Waals surface area (Å²) in [5.41, 5.74) is 0.192. The summed E-state index contributed by atoms with van der Waals surface area (Å²) < 4.78 is 0. The van der Waals surface area contributed by atoms with Crippen LogP contribution in [-0.2, 0) is 14.4 Å². The number of aliphatic hydroxyl groups is 1. The Bertz CT molecular complexity index is 667. The molecule has 0 spiro atoms. The van der Waals surface area contributed by atoms with Crippen LogP contribution in [0.25, 0.3) is 0 Å². The number of Topliss-reactive ketones (excluding diaryl/α,β-unsaturated/α-hetero) is 1. The number of halogens is 1. The third-order valence-corrected chi connectivity index (χ3v) is 3.53. The molecule has 1 N–H and O–H groups in total. The van der Waals surface area contributed by atoms with Crippen LogP contribution in [0.3, 0.4) is 0 Å². The van der Waals surface area contributed by atoms with Crippen molar-refractivity contribution in [1.82, 2.24) is 4.90 Å². The molecule has 21 heavy (non-hydrogen) atoms. The fourth-order valence-electron chi connectivity index (χ4n) is 2.34. The Balaban J connectivity index is 2.60. The van der Waals surface area contributed by atoms with Crippen molar-refractivity contribution >= 4 is 29.3 Å². The van der Waals surface area contributed by atoms with Gasteiger partial charge in [0, 0.05) is 5.02 Å². The second kappa shape index (κ2) is 5.57. The number of carbonyl (C=O) groups is 3. The van der Waals surface area contributed by atoms with Crippen LogP contribution in [0.4, 0.5) is 0 Å². The van der Waals surface area contributed by atoms with E-state index < -0.39 is 36.0 Å². The molecule has 0 aromatic heterocycles. The van der Waals surface area contributed by atoms with Gasteiger partial charge in [-0.15, -0.1) is 0 Å². The number of benzene rings is 1. The maximum atomic E-state index is 12.0. The van der Waals surface area contributed by atoms with Crippen LogP contribution in [-0.4, -0.2) is 34.2 Å². The van der Waals surface area contributed by atoms with E-state index in [9.17, 15) is 24.6 Å². The highest BCUT2D eigenvalue weighted by Crippen LogP contribution is 2.39. The number of aliphatic hydroxyl groups excluding tert-OH is 1. The number of rotatable bonds is 4. The van der Waals surface area contributed by atoms with Crippen LogP contribution in [0.1, 0.15) is 18.5 Å². The normalized spacial score (nSPS) is 18.3. The van der Waals surface area contributed by atoms with Gasteiger partial charge in [0.25, 0.3) is 5.91 Å². The first-order chi connectivity index (χ1) is 9.84. The lowest BCUT2D eigenvalue weighted by Gasteiger charge is -2.27. The van der Waals surface area contributed by atoms with E-state index in [4.69, 9.17) is 11.6 Å². The van der Waals surface area contributed by atoms with Gasteiger partial charge in [-0.1, -0.05) is 29.8 Å². The average molecular weight is 309 g/mol. The summed E-state index contributed by atoms with van der Waals surface area (Å²) in [4.78, 5) is 35.4. The van der Waals surface area contributed by atoms with E-state index in [1.807, 2.05) is 0 Å². The number of hydrogen-bond acceptors (Lipinski definition) is 5. The molecule has 0 saturated carbocycles. The number of nitrogens with zero attached hydrogens (tertiary/aromatic N) is 1. The number of amides is 1. The minimum atomic E-state index is -1.50. The number of hydrogen-bond donors (Lipinski definition) is 1. The lowest BCUT2D eigenvalue weighted by Crippen LogP contribution is -2.41. The zero-order valence-electron chi connectivity index (χ0n) is 11.0. The highest BCUT2D eigenvalue weighted by atomic mass is 35.5. The van der Waals surface area contributed by atoms with Crippen LogP contribution in [0.2, 0.25) is 5.02 Å². The quantitative estimate of drug-likeness (QED) is 0.867. The zero-order chi connectivity index (χ0) is 15.7. The number of carboxylic acid groups (broad SMARTS) is 1. The largest absolute Gasteiger partial charge is 0.548 e. The predicted octanol–water partition coefficient (Wildman–Crippen LogP) is 0.374. The van der Waals surface area contributed by atoms with Crippen LogP contribution in [0.15, 0.2) is 35.6 Å². The van der Waals surface area contributed by atoms with E-state index in [2.05, 4.69) is 0 Å². The Morgan fingerprint density at radius 3 is 2.52 bits per heavy atom. The molecule has 0 aliphatic carbocycles. The summed E-state index contributed by atoms with van der Waals surface area (Å²) in [7, 11) is 0. The molecule has 1 amide bonds. The fraction of sp³-hybridized carbons (Fsp3) is 0.214. The summed E-state index contributed by atoms with van der Waals surface area (Å²) >= 11 is 6.06. The minimum Gasteiger partial charge on any atom is -0.548 e.